The minimum atomic E-state index is 0.278. The smallest absolute Gasteiger partial charge is 0.223 e. The predicted octanol–water partition coefficient (Wildman–Crippen LogP) is 2.58. The van der Waals surface area contributed by atoms with Gasteiger partial charge >= 0.3 is 0 Å². The second kappa shape index (κ2) is 8.67. The average molecular weight is 290 g/mol. The molecule has 1 N–H and O–H groups in total. The molecule has 0 aromatic heterocycles. The summed E-state index contributed by atoms with van der Waals surface area (Å²) in [6, 6.07) is 8.04. The summed E-state index contributed by atoms with van der Waals surface area (Å²) in [7, 11) is 0. The number of carbonyl (C=O) groups is 1. The first-order valence-corrected chi connectivity index (χ1v) is 8.00. The summed E-state index contributed by atoms with van der Waals surface area (Å²) < 4.78 is 5.60. The lowest BCUT2D eigenvalue weighted by Gasteiger charge is -2.26. The second-order valence-corrected chi connectivity index (χ2v) is 5.41. The lowest BCUT2D eigenvalue weighted by Crippen LogP contribution is -2.37. The minimum absolute atomic E-state index is 0.278. The molecule has 0 radical (unpaired) electrons. The van der Waals surface area contributed by atoms with Gasteiger partial charge in [-0.3, -0.25) is 4.79 Å². The molecule has 1 saturated heterocycles. The van der Waals surface area contributed by atoms with Crippen molar-refractivity contribution in [2.75, 3.05) is 26.2 Å². The van der Waals surface area contributed by atoms with E-state index >= 15 is 0 Å². The van der Waals surface area contributed by atoms with Gasteiger partial charge < -0.3 is 15.0 Å². The van der Waals surface area contributed by atoms with Gasteiger partial charge in [0.05, 0.1) is 6.61 Å². The van der Waals surface area contributed by atoms with Crippen LogP contribution in [-0.4, -0.2) is 37.0 Å². The summed E-state index contributed by atoms with van der Waals surface area (Å²) in [5.41, 5.74) is 1.14. The fourth-order valence-electron chi connectivity index (χ4n) is 2.67. The molecule has 0 bridgehead atoms. The van der Waals surface area contributed by atoms with E-state index in [9.17, 15) is 4.79 Å². The van der Waals surface area contributed by atoms with Crippen LogP contribution < -0.4 is 10.1 Å². The normalized spacial score (nSPS) is 15.0. The fourth-order valence-corrected chi connectivity index (χ4v) is 2.67. The Bertz CT molecular complexity index is 442. The van der Waals surface area contributed by atoms with E-state index in [1.54, 1.807) is 0 Å². The number of hydrogen-bond acceptors (Lipinski definition) is 3. The topological polar surface area (TPSA) is 41.6 Å². The van der Waals surface area contributed by atoms with Gasteiger partial charge in [-0.05, 0) is 32.3 Å². The van der Waals surface area contributed by atoms with Crippen molar-refractivity contribution >= 4 is 5.91 Å². The summed E-state index contributed by atoms with van der Waals surface area (Å²) in [5, 5.41) is 3.34. The first kappa shape index (κ1) is 15.8. The van der Waals surface area contributed by atoms with E-state index in [1.807, 2.05) is 30.0 Å². The Balaban J connectivity index is 1.70. The zero-order chi connectivity index (χ0) is 14.9. The first-order valence-electron chi connectivity index (χ1n) is 8.00. The number of piperidine rings is 1. The Morgan fingerprint density at radius 3 is 2.76 bits per heavy atom. The third-order valence-corrected chi connectivity index (χ3v) is 3.81. The summed E-state index contributed by atoms with van der Waals surface area (Å²) in [6.45, 7) is 5.99. The van der Waals surface area contributed by atoms with E-state index in [4.69, 9.17) is 4.74 Å². The van der Waals surface area contributed by atoms with Crippen LogP contribution in [0.1, 0.15) is 38.2 Å². The number of nitrogens with zero attached hydrogens (tertiary/aromatic N) is 1. The summed E-state index contributed by atoms with van der Waals surface area (Å²) in [6.07, 6.45) is 4.15. The molecule has 1 aliphatic rings. The standard InChI is InChI=1S/C17H26N2O2/c1-2-21-16-9-5-4-8-15(16)14-18-11-10-17(20)19-12-6-3-7-13-19/h4-5,8-9,18H,2-3,6-7,10-14H2,1H3. The van der Waals surface area contributed by atoms with Crippen molar-refractivity contribution in [3.05, 3.63) is 29.8 Å². The average Bonchev–Trinajstić information content (AvgIpc) is 2.54. The van der Waals surface area contributed by atoms with Crippen LogP contribution in [0.5, 0.6) is 5.75 Å². The molecule has 1 amide bonds. The molecule has 0 unspecified atom stereocenters. The molecule has 0 atom stereocenters. The monoisotopic (exact) mass is 290 g/mol. The molecule has 4 nitrogen and oxygen atoms in total. The quantitative estimate of drug-likeness (QED) is 0.785. The molecule has 116 valence electrons. The predicted molar refractivity (Wildman–Crippen MR) is 84.4 cm³/mol. The SMILES string of the molecule is CCOc1ccccc1CNCCC(=O)N1CCCCC1. The highest BCUT2D eigenvalue weighted by molar-refractivity contribution is 5.76. The van der Waals surface area contributed by atoms with E-state index in [0.29, 0.717) is 13.0 Å². The molecule has 1 aliphatic heterocycles. The summed E-state index contributed by atoms with van der Waals surface area (Å²) in [5.74, 6) is 1.20. The number of carbonyl (C=O) groups excluding carboxylic acids is 1. The van der Waals surface area contributed by atoms with Crippen LogP contribution in [0.15, 0.2) is 24.3 Å². The highest BCUT2D eigenvalue weighted by Crippen LogP contribution is 2.17. The highest BCUT2D eigenvalue weighted by atomic mass is 16.5. The maximum atomic E-state index is 12.0. The fraction of sp³-hybridized carbons (Fsp3) is 0.588. The van der Waals surface area contributed by atoms with Gasteiger partial charge in [-0.15, -0.1) is 0 Å². The Kier molecular flexibility index (Phi) is 6.54. The van der Waals surface area contributed by atoms with E-state index in [-0.39, 0.29) is 5.91 Å². The third-order valence-electron chi connectivity index (χ3n) is 3.81. The molecular formula is C17H26N2O2. The van der Waals surface area contributed by atoms with Gasteiger partial charge in [-0.2, -0.15) is 0 Å². The van der Waals surface area contributed by atoms with E-state index in [2.05, 4.69) is 11.4 Å². The van der Waals surface area contributed by atoms with Crippen molar-refractivity contribution in [1.29, 1.82) is 0 Å². The van der Waals surface area contributed by atoms with Crippen molar-refractivity contribution in [3.63, 3.8) is 0 Å². The maximum Gasteiger partial charge on any atom is 0.223 e. The van der Waals surface area contributed by atoms with Crippen LogP contribution in [0.3, 0.4) is 0 Å². The van der Waals surface area contributed by atoms with Crippen molar-refractivity contribution in [2.45, 2.75) is 39.2 Å². The number of amides is 1. The molecule has 1 heterocycles. The summed E-state index contributed by atoms with van der Waals surface area (Å²) >= 11 is 0. The Morgan fingerprint density at radius 1 is 1.24 bits per heavy atom. The van der Waals surface area contributed by atoms with Crippen LogP contribution in [-0.2, 0) is 11.3 Å². The lowest BCUT2D eigenvalue weighted by molar-refractivity contribution is -0.131. The van der Waals surface area contributed by atoms with Crippen LogP contribution in [0.25, 0.3) is 0 Å². The highest BCUT2D eigenvalue weighted by Gasteiger charge is 2.15. The zero-order valence-corrected chi connectivity index (χ0v) is 12.9. The number of ether oxygens (including phenoxy) is 1. The van der Waals surface area contributed by atoms with Gasteiger partial charge in [-0.1, -0.05) is 18.2 Å². The summed E-state index contributed by atoms with van der Waals surface area (Å²) in [4.78, 5) is 14.0. The number of likely N-dealkylation sites (tertiary alicyclic amines) is 1. The maximum absolute atomic E-state index is 12.0. The molecule has 21 heavy (non-hydrogen) atoms. The first-order chi connectivity index (χ1) is 10.3. The van der Waals surface area contributed by atoms with Gasteiger partial charge in [0.2, 0.25) is 5.91 Å². The third kappa shape index (κ3) is 5.05. The van der Waals surface area contributed by atoms with Crippen molar-refractivity contribution < 1.29 is 9.53 Å². The Morgan fingerprint density at radius 2 is 2.00 bits per heavy atom. The molecule has 1 aromatic rings. The molecule has 0 aliphatic carbocycles. The Labute approximate surface area is 127 Å². The lowest BCUT2D eigenvalue weighted by atomic mass is 10.1. The van der Waals surface area contributed by atoms with E-state index in [0.717, 1.165) is 50.3 Å². The number of rotatable bonds is 7. The van der Waals surface area contributed by atoms with E-state index in [1.165, 1.54) is 6.42 Å². The number of nitrogens with one attached hydrogen (secondary N) is 1. The van der Waals surface area contributed by atoms with E-state index < -0.39 is 0 Å². The molecule has 1 aromatic carbocycles. The molecular weight excluding hydrogens is 264 g/mol. The van der Waals surface area contributed by atoms with Crippen molar-refractivity contribution in [2.24, 2.45) is 0 Å². The Hall–Kier alpha value is -1.55. The van der Waals surface area contributed by atoms with Gasteiger partial charge in [0.15, 0.2) is 0 Å². The number of hydrogen-bond donors (Lipinski definition) is 1. The number of benzene rings is 1. The van der Waals surface area contributed by atoms with Crippen molar-refractivity contribution in [3.8, 4) is 5.75 Å². The van der Waals surface area contributed by atoms with Gasteiger partial charge in [-0.25, -0.2) is 0 Å². The van der Waals surface area contributed by atoms with Crippen molar-refractivity contribution in [1.82, 2.24) is 10.2 Å². The molecule has 0 saturated carbocycles. The second-order valence-electron chi connectivity index (χ2n) is 5.41. The minimum Gasteiger partial charge on any atom is -0.494 e. The van der Waals surface area contributed by atoms with Gasteiger partial charge in [0, 0.05) is 38.2 Å². The zero-order valence-electron chi connectivity index (χ0n) is 12.9. The molecule has 2 rings (SSSR count). The molecule has 4 heteroatoms. The van der Waals surface area contributed by atoms with Gasteiger partial charge in [0.1, 0.15) is 5.75 Å². The van der Waals surface area contributed by atoms with Crippen LogP contribution >= 0.6 is 0 Å². The molecule has 0 spiro atoms. The molecule has 1 fully saturated rings. The largest absolute Gasteiger partial charge is 0.494 e. The van der Waals surface area contributed by atoms with Crippen LogP contribution in [0.4, 0.5) is 0 Å². The van der Waals surface area contributed by atoms with Crippen LogP contribution in [0, 0.1) is 0 Å². The number of para-hydroxylation sites is 1. The van der Waals surface area contributed by atoms with Crippen LogP contribution in [0.2, 0.25) is 0 Å². The van der Waals surface area contributed by atoms with Gasteiger partial charge in [0.25, 0.3) is 0 Å².